The van der Waals surface area contributed by atoms with E-state index in [1.807, 2.05) is 12.3 Å². The Morgan fingerprint density at radius 2 is 1.02 bits per heavy atom. The van der Waals surface area contributed by atoms with E-state index in [0.717, 1.165) is 28.3 Å². The van der Waals surface area contributed by atoms with Gasteiger partial charge in [0.15, 0.2) is 0 Å². The molecular weight excluding hydrogens is 607 g/mol. The molecule has 0 saturated heterocycles. The van der Waals surface area contributed by atoms with Gasteiger partial charge >= 0.3 is 0 Å². The van der Waals surface area contributed by atoms with Gasteiger partial charge in [-0.2, -0.15) is 0 Å². The van der Waals surface area contributed by atoms with Crippen LogP contribution in [0, 0.1) is 0 Å². The number of benzene rings is 7. The lowest BCUT2D eigenvalue weighted by Crippen LogP contribution is -2.06. The number of rotatable bonds is 5. The average molecular weight is 638 g/mol. The van der Waals surface area contributed by atoms with Crippen LogP contribution in [0.5, 0.6) is 0 Å². The molecule has 9 aromatic rings. The van der Waals surface area contributed by atoms with Crippen LogP contribution in [0.25, 0.3) is 72.1 Å². The molecular formula is C47H31N3. The molecule has 0 bridgehead atoms. The zero-order valence-corrected chi connectivity index (χ0v) is 27.2. The molecule has 234 valence electrons. The van der Waals surface area contributed by atoms with Gasteiger partial charge < -0.3 is 4.57 Å². The second kappa shape index (κ2) is 11.5. The first-order chi connectivity index (χ1) is 24.8. The second-order valence-corrected chi connectivity index (χ2v) is 13.0. The zero-order valence-electron chi connectivity index (χ0n) is 27.2. The summed E-state index contributed by atoms with van der Waals surface area (Å²) in [4.78, 5) is 10.2. The highest BCUT2D eigenvalue weighted by molar-refractivity contribution is 6.09. The van der Waals surface area contributed by atoms with Crippen molar-refractivity contribution in [1.29, 1.82) is 0 Å². The molecule has 0 spiro atoms. The molecule has 0 saturated carbocycles. The lowest BCUT2D eigenvalue weighted by molar-refractivity contribution is 0.876. The van der Waals surface area contributed by atoms with Crippen LogP contribution < -0.4 is 0 Å². The second-order valence-electron chi connectivity index (χ2n) is 13.0. The first-order valence-electron chi connectivity index (χ1n) is 17.1. The van der Waals surface area contributed by atoms with Crippen molar-refractivity contribution < 1.29 is 0 Å². The molecule has 1 atom stereocenters. The van der Waals surface area contributed by atoms with Crippen LogP contribution >= 0.6 is 0 Å². The molecule has 50 heavy (non-hydrogen) atoms. The molecule has 0 aliphatic heterocycles. The molecule has 3 nitrogen and oxygen atoms in total. The number of aromatic nitrogens is 3. The Morgan fingerprint density at radius 1 is 0.420 bits per heavy atom. The first kappa shape index (κ1) is 28.4. The van der Waals surface area contributed by atoms with Crippen molar-refractivity contribution in [1.82, 2.24) is 14.5 Å². The normalized spacial score (nSPS) is 13.4. The fourth-order valence-corrected chi connectivity index (χ4v) is 7.83. The minimum Gasteiger partial charge on any atom is -0.309 e. The van der Waals surface area contributed by atoms with Crippen LogP contribution in [0.4, 0.5) is 0 Å². The van der Waals surface area contributed by atoms with Crippen molar-refractivity contribution in [3.8, 4) is 50.3 Å². The Hall–Kier alpha value is -6.58. The van der Waals surface area contributed by atoms with Crippen LogP contribution in [-0.4, -0.2) is 14.5 Å². The van der Waals surface area contributed by atoms with Gasteiger partial charge in [-0.05, 0) is 80.9 Å². The van der Waals surface area contributed by atoms with Gasteiger partial charge in [-0.3, -0.25) is 0 Å². The Morgan fingerprint density at radius 3 is 1.80 bits per heavy atom. The number of hydrogen-bond acceptors (Lipinski definition) is 2. The molecule has 3 heteroatoms. The van der Waals surface area contributed by atoms with Gasteiger partial charge in [0.2, 0.25) is 0 Å². The molecule has 0 radical (unpaired) electrons. The molecule has 10 rings (SSSR count). The predicted octanol–water partition coefficient (Wildman–Crippen LogP) is 11.7. The van der Waals surface area contributed by atoms with Crippen molar-refractivity contribution >= 4 is 21.8 Å². The maximum Gasteiger partial charge on any atom is 0.140 e. The van der Waals surface area contributed by atoms with Crippen molar-refractivity contribution in [3.63, 3.8) is 0 Å². The Kier molecular flexibility index (Phi) is 6.56. The van der Waals surface area contributed by atoms with Gasteiger partial charge in [0.05, 0.1) is 22.6 Å². The number of fused-ring (bicyclic) bond motifs is 6. The highest BCUT2D eigenvalue weighted by Crippen LogP contribution is 2.48. The van der Waals surface area contributed by atoms with E-state index >= 15 is 0 Å². The fourth-order valence-electron chi connectivity index (χ4n) is 7.83. The third kappa shape index (κ3) is 4.59. The quantitative estimate of drug-likeness (QED) is 0.188. The SMILES string of the molecule is c1ccc(-c2ccc(-c3cccc(-c4ccnc(C5c6ccccc6-c6cc(-n7c8ccccc8c8ccccc87)ccc65)n4)c3)cc2)cc1. The van der Waals surface area contributed by atoms with Crippen LogP contribution in [0.1, 0.15) is 22.9 Å². The van der Waals surface area contributed by atoms with Crippen LogP contribution in [0.15, 0.2) is 182 Å². The minimum absolute atomic E-state index is 0.0536. The summed E-state index contributed by atoms with van der Waals surface area (Å²) in [5.41, 5.74) is 15.3. The van der Waals surface area contributed by atoms with Crippen molar-refractivity contribution in [2.45, 2.75) is 5.92 Å². The standard InChI is InChI=1S/C47H31N3/c1-2-11-31(12-3-1)32-21-23-33(24-22-32)34-13-10-14-35(29-34)43-27-28-48-47(49-43)46-40-18-5-4-15-37(40)42-30-36(25-26-41(42)46)50-44-19-8-6-16-38(44)39-17-7-9-20-45(39)50/h1-30,46H. The van der Waals surface area contributed by atoms with Gasteiger partial charge in [-0.15, -0.1) is 0 Å². The molecule has 0 fully saturated rings. The summed E-state index contributed by atoms with van der Waals surface area (Å²) in [5.74, 6) is 0.762. The largest absolute Gasteiger partial charge is 0.309 e. The summed E-state index contributed by atoms with van der Waals surface area (Å²) in [6, 6.07) is 63.0. The monoisotopic (exact) mass is 637 g/mol. The van der Waals surface area contributed by atoms with Crippen molar-refractivity contribution in [3.05, 3.63) is 199 Å². The lowest BCUT2D eigenvalue weighted by atomic mass is 9.95. The molecule has 0 amide bonds. The van der Waals surface area contributed by atoms with Gasteiger partial charge in [0.1, 0.15) is 5.82 Å². The molecule has 1 unspecified atom stereocenters. The van der Waals surface area contributed by atoms with Gasteiger partial charge in [-0.25, -0.2) is 9.97 Å². The molecule has 2 heterocycles. The van der Waals surface area contributed by atoms with Gasteiger partial charge in [0, 0.05) is 28.2 Å². The summed E-state index contributed by atoms with van der Waals surface area (Å²) in [6.07, 6.45) is 1.91. The number of nitrogens with zero attached hydrogens (tertiary/aromatic N) is 3. The van der Waals surface area contributed by atoms with E-state index in [-0.39, 0.29) is 5.92 Å². The van der Waals surface area contributed by atoms with E-state index in [2.05, 4.69) is 174 Å². The smallest absolute Gasteiger partial charge is 0.140 e. The maximum absolute atomic E-state index is 5.25. The first-order valence-corrected chi connectivity index (χ1v) is 17.1. The van der Waals surface area contributed by atoms with E-state index < -0.39 is 0 Å². The Bertz CT molecular complexity index is 2650. The van der Waals surface area contributed by atoms with Crippen LogP contribution in [0.2, 0.25) is 0 Å². The maximum atomic E-state index is 5.25. The molecule has 1 aliphatic carbocycles. The Balaban J connectivity index is 1.04. The van der Waals surface area contributed by atoms with Crippen LogP contribution in [-0.2, 0) is 0 Å². The fraction of sp³-hybridized carbons (Fsp3) is 0.0213. The Labute approximate surface area is 290 Å². The van der Waals surface area contributed by atoms with Gasteiger partial charge in [0.25, 0.3) is 0 Å². The van der Waals surface area contributed by atoms with Crippen LogP contribution in [0.3, 0.4) is 0 Å². The highest BCUT2D eigenvalue weighted by Gasteiger charge is 2.32. The molecule has 7 aromatic carbocycles. The predicted molar refractivity (Wildman–Crippen MR) is 206 cm³/mol. The summed E-state index contributed by atoms with van der Waals surface area (Å²) in [5, 5.41) is 2.53. The third-order valence-corrected chi connectivity index (χ3v) is 10.2. The number of para-hydroxylation sites is 2. The highest BCUT2D eigenvalue weighted by atomic mass is 15.0. The van der Waals surface area contributed by atoms with E-state index in [0.29, 0.717) is 0 Å². The molecule has 2 aromatic heterocycles. The van der Waals surface area contributed by atoms with E-state index in [1.165, 1.54) is 60.8 Å². The van der Waals surface area contributed by atoms with Crippen molar-refractivity contribution in [2.24, 2.45) is 0 Å². The van der Waals surface area contributed by atoms with Gasteiger partial charge in [-0.1, -0.05) is 140 Å². The molecule has 1 aliphatic rings. The molecule has 0 N–H and O–H groups in total. The summed E-state index contributed by atoms with van der Waals surface area (Å²) < 4.78 is 2.39. The summed E-state index contributed by atoms with van der Waals surface area (Å²) in [6.45, 7) is 0. The lowest BCUT2D eigenvalue weighted by Gasteiger charge is -2.15. The average Bonchev–Trinajstić information content (AvgIpc) is 3.71. The van der Waals surface area contributed by atoms with Crippen molar-refractivity contribution in [2.75, 3.05) is 0 Å². The zero-order chi connectivity index (χ0) is 33.0. The third-order valence-electron chi connectivity index (χ3n) is 10.2. The van der Waals surface area contributed by atoms with E-state index in [9.17, 15) is 0 Å². The van der Waals surface area contributed by atoms with E-state index in [4.69, 9.17) is 9.97 Å². The topological polar surface area (TPSA) is 30.7 Å². The minimum atomic E-state index is -0.0536. The van der Waals surface area contributed by atoms with E-state index in [1.54, 1.807) is 0 Å². The summed E-state index contributed by atoms with van der Waals surface area (Å²) in [7, 11) is 0. The summed E-state index contributed by atoms with van der Waals surface area (Å²) >= 11 is 0. The number of hydrogen-bond donors (Lipinski definition) is 0.